The van der Waals surface area contributed by atoms with Gasteiger partial charge in [-0.1, -0.05) is 12.8 Å². The molecule has 1 aliphatic carbocycles. The van der Waals surface area contributed by atoms with E-state index in [1.54, 1.807) is 4.90 Å². The molecule has 0 aromatic heterocycles. The maximum Gasteiger partial charge on any atom is 0.323 e. The second kappa shape index (κ2) is 6.92. The first-order chi connectivity index (χ1) is 9.58. The third kappa shape index (κ3) is 3.85. The maximum atomic E-state index is 12.7. The summed E-state index contributed by atoms with van der Waals surface area (Å²) in [6.07, 6.45) is 5.01. The smallest absolute Gasteiger partial charge is 0.323 e. The molecule has 0 aromatic carbocycles. The molecular formula is C14H25N3O3. The first-order valence-electron chi connectivity index (χ1n) is 7.54. The molecule has 6 heteroatoms. The second-order valence-corrected chi connectivity index (χ2v) is 5.89. The summed E-state index contributed by atoms with van der Waals surface area (Å²) in [5.74, 6) is -0.919. The van der Waals surface area contributed by atoms with E-state index in [1.165, 1.54) is 0 Å². The lowest BCUT2D eigenvalue weighted by Crippen LogP contribution is -2.50. The van der Waals surface area contributed by atoms with Crippen LogP contribution in [0, 0.1) is 0 Å². The molecule has 2 fully saturated rings. The standard InChI is InChI=1S/C14H25N3O3/c1-15-7-4-8-16(10-9-15)14(20)17(11-13(18)19)12-5-2-3-6-12/h12H,2-11H2,1H3,(H,18,19). The third-order valence-corrected chi connectivity index (χ3v) is 4.31. The summed E-state index contributed by atoms with van der Waals surface area (Å²) in [4.78, 5) is 29.3. The van der Waals surface area contributed by atoms with Gasteiger partial charge in [0, 0.05) is 25.7 Å². The molecule has 1 heterocycles. The quantitative estimate of drug-likeness (QED) is 0.841. The van der Waals surface area contributed by atoms with Crippen molar-refractivity contribution in [1.82, 2.24) is 14.7 Å². The number of rotatable bonds is 3. The Morgan fingerprint density at radius 3 is 2.45 bits per heavy atom. The number of hydrogen-bond acceptors (Lipinski definition) is 3. The van der Waals surface area contributed by atoms with Crippen molar-refractivity contribution in [3.05, 3.63) is 0 Å². The fourth-order valence-corrected chi connectivity index (χ4v) is 3.13. The third-order valence-electron chi connectivity index (χ3n) is 4.31. The van der Waals surface area contributed by atoms with Crippen molar-refractivity contribution in [2.75, 3.05) is 39.8 Å². The largest absolute Gasteiger partial charge is 0.480 e. The minimum atomic E-state index is -0.919. The van der Waals surface area contributed by atoms with E-state index in [0.717, 1.165) is 51.7 Å². The minimum absolute atomic E-state index is 0.0883. The van der Waals surface area contributed by atoms with Gasteiger partial charge >= 0.3 is 12.0 Å². The average Bonchev–Trinajstić information content (AvgIpc) is 2.84. The molecule has 1 N–H and O–H groups in total. The average molecular weight is 283 g/mol. The number of carboxylic acids is 1. The number of likely N-dealkylation sites (N-methyl/N-ethyl adjacent to an activating group) is 1. The predicted molar refractivity (Wildman–Crippen MR) is 75.7 cm³/mol. The summed E-state index contributed by atoms with van der Waals surface area (Å²) in [5.41, 5.74) is 0. The first kappa shape index (κ1) is 15.1. The van der Waals surface area contributed by atoms with Crippen LogP contribution < -0.4 is 0 Å². The number of aliphatic carboxylic acids is 1. The highest BCUT2D eigenvalue weighted by atomic mass is 16.4. The Labute approximate surface area is 120 Å². The lowest BCUT2D eigenvalue weighted by atomic mass is 10.2. The van der Waals surface area contributed by atoms with Gasteiger partial charge < -0.3 is 19.8 Å². The zero-order valence-corrected chi connectivity index (χ0v) is 12.3. The van der Waals surface area contributed by atoms with Crippen LogP contribution in [0.15, 0.2) is 0 Å². The normalized spacial score (nSPS) is 21.8. The molecule has 0 radical (unpaired) electrons. The van der Waals surface area contributed by atoms with Gasteiger partial charge in [-0.05, 0) is 32.9 Å². The van der Waals surface area contributed by atoms with Crippen LogP contribution in [-0.4, -0.2) is 77.6 Å². The van der Waals surface area contributed by atoms with Gasteiger partial charge in [0.05, 0.1) is 0 Å². The predicted octanol–water partition coefficient (Wildman–Crippen LogP) is 1.07. The summed E-state index contributed by atoms with van der Waals surface area (Å²) in [7, 11) is 2.06. The van der Waals surface area contributed by atoms with Crippen LogP contribution in [0.25, 0.3) is 0 Å². The molecule has 2 aliphatic rings. The van der Waals surface area contributed by atoms with Gasteiger partial charge in [-0.25, -0.2) is 4.79 Å². The van der Waals surface area contributed by atoms with Crippen LogP contribution in [0.1, 0.15) is 32.1 Å². The number of carbonyl (C=O) groups excluding carboxylic acids is 1. The topological polar surface area (TPSA) is 64.1 Å². The Bertz CT molecular complexity index is 356. The van der Waals surface area contributed by atoms with Crippen LogP contribution in [0.4, 0.5) is 4.79 Å². The van der Waals surface area contributed by atoms with E-state index in [-0.39, 0.29) is 18.6 Å². The lowest BCUT2D eigenvalue weighted by molar-refractivity contribution is -0.138. The van der Waals surface area contributed by atoms with Crippen molar-refractivity contribution >= 4 is 12.0 Å². The molecule has 0 spiro atoms. The summed E-state index contributed by atoms with van der Waals surface area (Å²) in [5, 5.41) is 9.07. The number of carboxylic acid groups (broad SMARTS) is 1. The van der Waals surface area contributed by atoms with Gasteiger partial charge in [0.1, 0.15) is 6.54 Å². The molecule has 2 rings (SSSR count). The Morgan fingerprint density at radius 1 is 1.10 bits per heavy atom. The monoisotopic (exact) mass is 283 g/mol. The molecule has 6 nitrogen and oxygen atoms in total. The van der Waals surface area contributed by atoms with E-state index >= 15 is 0 Å². The van der Waals surface area contributed by atoms with Crippen LogP contribution >= 0.6 is 0 Å². The number of urea groups is 1. The van der Waals surface area contributed by atoms with Crippen molar-refractivity contribution in [2.45, 2.75) is 38.1 Å². The number of amides is 2. The van der Waals surface area contributed by atoms with Crippen molar-refractivity contribution in [1.29, 1.82) is 0 Å². The molecular weight excluding hydrogens is 258 g/mol. The van der Waals surface area contributed by atoms with Gasteiger partial charge in [-0.2, -0.15) is 0 Å². The van der Waals surface area contributed by atoms with Crippen LogP contribution in [-0.2, 0) is 4.79 Å². The highest BCUT2D eigenvalue weighted by molar-refractivity contribution is 5.80. The molecule has 1 saturated heterocycles. The zero-order chi connectivity index (χ0) is 14.5. The highest BCUT2D eigenvalue weighted by Crippen LogP contribution is 2.24. The van der Waals surface area contributed by atoms with Crippen molar-refractivity contribution in [2.24, 2.45) is 0 Å². The molecule has 0 unspecified atom stereocenters. The van der Waals surface area contributed by atoms with Crippen molar-refractivity contribution < 1.29 is 14.7 Å². The molecule has 1 saturated carbocycles. The molecule has 0 bridgehead atoms. The molecule has 20 heavy (non-hydrogen) atoms. The van der Waals surface area contributed by atoms with Gasteiger partial charge in [-0.15, -0.1) is 0 Å². The lowest BCUT2D eigenvalue weighted by Gasteiger charge is -2.33. The Kier molecular flexibility index (Phi) is 5.23. The summed E-state index contributed by atoms with van der Waals surface area (Å²) < 4.78 is 0. The number of nitrogens with zero attached hydrogens (tertiary/aromatic N) is 3. The number of carbonyl (C=O) groups is 2. The first-order valence-corrected chi connectivity index (χ1v) is 7.54. The molecule has 114 valence electrons. The van der Waals surface area contributed by atoms with E-state index in [4.69, 9.17) is 5.11 Å². The fraction of sp³-hybridized carbons (Fsp3) is 0.857. The Morgan fingerprint density at radius 2 is 1.80 bits per heavy atom. The Hall–Kier alpha value is -1.30. The van der Waals surface area contributed by atoms with Crippen LogP contribution in [0.3, 0.4) is 0 Å². The van der Waals surface area contributed by atoms with Crippen molar-refractivity contribution in [3.63, 3.8) is 0 Å². The summed E-state index contributed by atoms with van der Waals surface area (Å²) in [6.45, 7) is 3.10. The summed E-state index contributed by atoms with van der Waals surface area (Å²) >= 11 is 0. The van der Waals surface area contributed by atoms with Gasteiger partial charge in [0.15, 0.2) is 0 Å². The van der Waals surface area contributed by atoms with E-state index < -0.39 is 5.97 Å². The van der Waals surface area contributed by atoms with Gasteiger partial charge in [-0.3, -0.25) is 4.79 Å². The van der Waals surface area contributed by atoms with Gasteiger partial charge in [0.2, 0.25) is 0 Å². The van der Waals surface area contributed by atoms with E-state index in [0.29, 0.717) is 6.54 Å². The zero-order valence-electron chi connectivity index (χ0n) is 12.3. The molecule has 0 aromatic rings. The summed E-state index contributed by atoms with van der Waals surface area (Å²) in [6, 6.07) is 0.0224. The van der Waals surface area contributed by atoms with Crippen LogP contribution in [0.5, 0.6) is 0 Å². The SMILES string of the molecule is CN1CCCN(C(=O)N(CC(=O)O)C2CCCC2)CC1. The van der Waals surface area contributed by atoms with Crippen LogP contribution in [0.2, 0.25) is 0 Å². The highest BCUT2D eigenvalue weighted by Gasteiger charge is 2.31. The second-order valence-electron chi connectivity index (χ2n) is 5.89. The van der Waals surface area contributed by atoms with Crippen molar-refractivity contribution in [3.8, 4) is 0 Å². The molecule has 0 atom stereocenters. The maximum absolute atomic E-state index is 12.7. The van der Waals surface area contributed by atoms with E-state index in [9.17, 15) is 9.59 Å². The number of hydrogen-bond donors (Lipinski definition) is 1. The molecule has 2 amide bonds. The fourth-order valence-electron chi connectivity index (χ4n) is 3.13. The molecule has 1 aliphatic heterocycles. The van der Waals surface area contributed by atoms with Gasteiger partial charge in [0.25, 0.3) is 0 Å². The minimum Gasteiger partial charge on any atom is -0.480 e. The van der Waals surface area contributed by atoms with E-state index in [1.807, 2.05) is 4.90 Å². The van der Waals surface area contributed by atoms with E-state index in [2.05, 4.69) is 11.9 Å². The Balaban J connectivity index is 2.02.